The zero-order valence-corrected chi connectivity index (χ0v) is 11.9. The average molecular weight is 300 g/mol. The molecule has 1 heterocycles. The number of benzene rings is 1. The minimum atomic E-state index is -3.55. The van der Waals surface area contributed by atoms with Crippen LogP contribution in [0.5, 0.6) is 0 Å². The Bertz CT molecular complexity index is 648. The highest BCUT2D eigenvalue weighted by Crippen LogP contribution is 2.45. The van der Waals surface area contributed by atoms with Gasteiger partial charge in [-0.3, -0.25) is 4.79 Å². The van der Waals surface area contributed by atoms with Crippen LogP contribution in [-0.4, -0.2) is 20.1 Å². The number of anilines is 1. The second kappa shape index (κ2) is 4.21. The molecular formula is C13H14ClNO3S. The number of amides is 1. The standard InChI is InChI=1S/C13H14ClNO3S/c14-9-4-3-5-10-11(9)19(17,18)8-13(12(16)15-10)6-1-2-7-13/h3-5H,1-2,6-8H2,(H,15,16). The van der Waals surface area contributed by atoms with E-state index in [1.54, 1.807) is 12.1 Å². The largest absolute Gasteiger partial charge is 0.324 e. The molecule has 1 aromatic rings. The maximum absolute atomic E-state index is 12.5. The molecule has 3 rings (SSSR count). The molecule has 1 aliphatic carbocycles. The van der Waals surface area contributed by atoms with Crippen molar-refractivity contribution in [2.24, 2.45) is 5.41 Å². The van der Waals surface area contributed by atoms with Crippen molar-refractivity contribution >= 4 is 33.0 Å². The first-order valence-electron chi connectivity index (χ1n) is 6.27. The molecule has 0 bridgehead atoms. The average Bonchev–Trinajstić information content (AvgIpc) is 2.74. The van der Waals surface area contributed by atoms with Crippen LogP contribution in [0.4, 0.5) is 5.69 Å². The van der Waals surface area contributed by atoms with E-state index in [2.05, 4.69) is 5.32 Å². The van der Waals surface area contributed by atoms with Gasteiger partial charge in [-0.05, 0) is 25.0 Å². The highest BCUT2D eigenvalue weighted by Gasteiger charge is 2.48. The Labute approximate surface area is 117 Å². The van der Waals surface area contributed by atoms with E-state index < -0.39 is 15.3 Å². The number of sulfone groups is 1. The summed E-state index contributed by atoms with van der Waals surface area (Å²) in [6.45, 7) is 0. The fraction of sp³-hybridized carbons (Fsp3) is 0.462. The molecule has 1 amide bonds. The first-order valence-corrected chi connectivity index (χ1v) is 8.30. The fourth-order valence-corrected chi connectivity index (χ4v) is 5.74. The van der Waals surface area contributed by atoms with Crippen LogP contribution in [-0.2, 0) is 14.6 Å². The van der Waals surface area contributed by atoms with Gasteiger partial charge in [0.2, 0.25) is 5.91 Å². The molecule has 0 saturated heterocycles. The van der Waals surface area contributed by atoms with E-state index >= 15 is 0 Å². The smallest absolute Gasteiger partial charge is 0.231 e. The van der Waals surface area contributed by atoms with Crippen molar-refractivity contribution < 1.29 is 13.2 Å². The Morgan fingerprint density at radius 3 is 2.58 bits per heavy atom. The van der Waals surface area contributed by atoms with Crippen LogP contribution in [0.2, 0.25) is 5.02 Å². The highest BCUT2D eigenvalue weighted by molar-refractivity contribution is 7.91. The number of halogens is 1. The number of hydrogen-bond acceptors (Lipinski definition) is 3. The number of carbonyl (C=O) groups excluding carboxylic acids is 1. The lowest BCUT2D eigenvalue weighted by molar-refractivity contribution is -0.124. The van der Waals surface area contributed by atoms with Crippen LogP contribution in [0.25, 0.3) is 0 Å². The molecule has 1 aromatic carbocycles. The van der Waals surface area contributed by atoms with E-state index in [9.17, 15) is 13.2 Å². The van der Waals surface area contributed by atoms with Crippen LogP contribution in [0, 0.1) is 5.41 Å². The molecule has 1 aliphatic heterocycles. The second-order valence-corrected chi connectivity index (χ2v) is 7.65. The van der Waals surface area contributed by atoms with E-state index in [4.69, 9.17) is 11.6 Å². The molecule has 0 radical (unpaired) electrons. The summed E-state index contributed by atoms with van der Waals surface area (Å²) < 4.78 is 25.1. The van der Waals surface area contributed by atoms with Gasteiger partial charge in [-0.1, -0.05) is 30.5 Å². The lowest BCUT2D eigenvalue weighted by atomic mass is 9.87. The topological polar surface area (TPSA) is 63.2 Å². The van der Waals surface area contributed by atoms with Crippen LogP contribution in [0.3, 0.4) is 0 Å². The zero-order chi connectivity index (χ0) is 13.7. The highest BCUT2D eigenvalue weighted by atomic mass is 35.5. The Balaban J connectivity index is 2.20. The van der Waals surface area contributed by atoms with Gasteiger partial charge in [-0.25, -0.2) is 8.42 Å². The molecule has 0 atom stereocenters. The first kappa shape index (κ1) is 12.9. The maximum Gasteiger partial charge on any atom is 0.231 e. The van der Waals surface area contributed by atoms with Gasteiger partial charge in [0.1, 0.15) is 4.90 Å². The quantitative estimate of drug-likeness (QED) is 0.801. The van der Waals surface area contributed by atoms with Crippen molar-refractivity contribution in [3.63, 3.8) is 0 Å². The van der Waals surface area contributed by atoms with Crippen molar-refractivity contribution in [3.05, 3.63) is 23.2 Å². The van der Waals surface area contributed by atoms with Gasteiger partial charge in [0.25, 0.3) is 0 Å². The Hall–Kier alpha value is -1.07. The molecule has 1 fully saturated rings. The molecular weight excluding hydrogens is 286 g/mol. The van der Waals surface area contributed by atoms with E-state index in [-0.39, 0.29) is 21.6 Å². The number of nitrogens with one attached hydrogen (secondary N) is 1. The van der Waals surface area contributed by atoms with Crippen LogP contribution < -0.4 is 5.32 Å². The Morgan fingerprint density at radius 2 is 1.89 bits per heavy atom. The lowest BCUT2D eigenvalue weighted by Gasteiger charge is -2.23. The molecule has 6 heteroatoms. The molecule has 1 N–H and O–H groups in total. The summed E-state index contributed by atoms with van der Waals surface area (Å²) in [5, 5.41) is 2.92. The molecule has 0 aromatic heterocycles. The third kappa shape index (κ3) is 1.96. The number of rotatable bonds is 0. The van der Waals surface area contributed by atoms with Gasteiger partial charge in [-0.15, -0.1) is 0 Å². The van der Waals surface area contributed by atoms with E-state index in [1.165, 1.54) is 6.07 Å². The van der Waals surface area contributed by atoms with Gasteiger partial charge >= 0.3 is 0 Å². The van der Waals surface area contributed by atoms with Crippen LogP contribution in [0.15, 0.2) is 23.1 Å². The normalized spacial score (nSPS) is 23.7. The molecule has 102 valence electrons. The van der Waals surface area contributed by atoms with Gasteiger partial charge in [0.05, 0.1) is 21.9 Å². The molecule has 2 aliphatic rings. The van der Waals surface area contributed by atoms with Crippen molar-refractivity contribution in [1.29, 1.82) is 0 Å². The van der Waals surface area contributed by atoms with E-state index in [1.807, 2.05) is 0 Å². The van der Waals surface area contributed by atoms with Gasteiger partial charge < -0.3 is 5.32 Å². The number of carbonyl (C=O) groups is 1. The number of hydrogen-bond donors (Lipinski definition) is 1. The third-order valence-corrected chi connectivity index (χ3v) is 6.46. The lowest BCUT2D eigenvalue weighted by Crippen LogP contribution is -2.37. The minimum Gasteiger partial charge on any atom is -0.324 e. The molecule has 1 spiro atoms. The van der Waals surface area contributed by atoms with E-state index in [0.717, 1.165) is 12.8 Å². The predicted octanol–water partition coefficient (Wildman–Crippen LogP) is 2.63. The predicted molar refractivity (Wildman–Crippen MR) is 73.0 cm³/mol. The summed E-state index contributed by atoms with van der Waals surface area (Å²) in [6, 6.07) is 4.77. The Morgan fingerprint density at radius 1 is 1.21 bits per heavy atom. The summed E-state index contributed by atoms with van der Waals surface area (Å²) in [5.41, 5.74) is -0.470. The number of fused-ring (bicyclic) bond motifs is 1. The summed E-state index contributed by atoms with van der Waals surface area (Å²) in [5.74, 6) is -0.322. The molecule has 4 nitrogen and oxygen atoms in total. The van der Waals surface area contributed by atoms with Gasteiger partial charge in [0.15, 0.2) is 9.84 Å². The zero-order valence-electron chi connectivity index (χ0n) is 10.3. The Kier molecular flexibility index (Phi) is 2.87. The maximum atomic E-state index is 12.5. The molecule has 19 heavy (non-hydrogen) atoms. The summed E-state index contributed by atoms with van der Waals surface area (Å²) in [6.07, 6.45) is 3.05. The third-order valence-electron chi connectivity index (χ3n) is 4.03. The second-order valence-electron chi connectivity index (χ2n) is 5.32. The monoisotopic (exact) mass is 299 g/mol. The minimum absolute atomic E-state index is 0.0637. The molecule has 0 unspecified atom stereocenters. The van der Waals surface area contributed by atoms with Crippen LogP contribution in [0.1, 0.15) is 25.7 Å². The SMILES string of the molecule is O=C1Nc2cccc(Cl)c2S(=O)(=O)CC12CCCC2. The van der Waals surface area contributed by atoms with Crippen LogP contribution >= 0.6 is 11.6 Å². The van der Waals surface area contributed by atoms with Gasteiger partial charge in [-0.2, -0.15) is 0 Å². The van der Waals surface area contributed by atoms with Crippen molar-refractivity contribution in [2.45, 2.75) is 30.6 Å². The van der Waals surface area contributed by atoms with Crippen molar-refractivity contribution in [1.82, 2.24) is 0 Å². The van der Waals surface area contributed by atoms with Crippen molar-refractivity contribution in [3.8, 4) is 0 Å². The molecule has 1 saturated carbocycles. The summed E-state index contributed by atoms with van der Waals surface area (Å²) in [4.78, 5) is 12.4. The first-order chi connectivity index (χ1) is 8.95. The summed E-state index contributed by atoms with van der Waals surface area (Å²) in [7, 11) is -3.55. The van der Waals surface area contributed by atoms with E-state index in [0.29, 0.717) is 18.5 Å². The fourth-order valence-electron chi connectivity index (χ4n) is 3.10. The van der Waals surface area contributed by atoms with Gasteiger partial charge in [0, 0.05) is 0 Å². The van der Waals surface area contributed by atoms with Crippen molar-refractivity contribution in [2.75, 3.05) is 11.1 Å². The summed E-state index contributed by atoms with van der Waals surface area (Å²) >= 11 is 6.01.